The van der Waals surface area contributed by atoms with Gasteiger partial charge in [-0.05, 0) is 74.1 Å². The van der Waals surface area contributed by atoms with Crippen molar-refractivity contribution in [1.29, 1.82) is 0 Å². The van der Waals surface area contributed by atoms with Gasteiger partial charge in [0.1, 0.15) is 0 Å². The Bertz CT molecular complexity index is 1240. The number of nitrogens with one attached hydrogen (secondary N) is 2. The largest absolute Gasteiger partial charge is 0.395 e. The number of halogens is 3. The van der Waals surface area contributed by atoms with Gasteiger partial charge in [0.25, 0.3) is 0 Å². The van der Waals surface area contributed by atoms with Crippen LogP contribution in [-0.4, -0.2) is 53.6 Å². The molecule has 0 radical (unpaired) electrons. The zero-order valence-corrected chi connectivity index (χ0v) is 19.7. The molecule has 1 aliphatic rings. The third-order valence-corrected chi connectivity index (χ3v) is 7.02. The number of hydrogen-bond acceptors (Lipinski definition) is 4. The van der Waals surface area contributed by atoms with Crippen LogP contribution in [0.15, 0.2) is 59.7 Å². The standard InChI is InChI=1S/C26H29F3N4O2/c1-33(2)20(13-17-5-7-22-18(12-17)6-8-23(34)32-22)16-31-24(35)14-21(19-4-3-11-30-15-19)25(9-10-25)26(27,28)29/h3-8,11-12,15,20-21H,9-10,13-14,16H2,1-2H3,(H,31,35)(H,32,34)/t20-,21-/m0/s1. The van der Waals surface area contributed by atoms with Gasteiger partial charge in [0, 0.05) is 48.9 Å². The van der Waals surface area contributed by atoms with Crippen molar-refractivity contribution in [3.63, 3.8) is 0 Å². The van der Waals surface area contributed by atoms with Crippen LogP contribution in [0.25, 0.3) is 10.9 Å². The second-order valence-electron chi connectivity index (χ2n) is 9.57. The van der Waals surface area contributed by atoms with Gasteiger partial charge in [-0.3, -0.25) is 14.6 Å². The lowest BCUT2D eigenvalue weighted by Crippen LogP contribution is -2.42. The van der Waals surface area contributed by atoms with Crippen molar-refractivity contribution < 1.29 is 18.0 Å². The monoisotopic (exact) mass is 486 g/mol. The predicted octanol–water partition coefficient (Wildman–Crippen LogP) is 4.03. The van der Waals surface area contributed by atoms with E-state index in [-0.39, 0.29) is 30.9 Å². The summed E-state index contributed by atoms with van der Waals surface area (Å²) in [5.41, 5.74) is 0.189. The molecule has 1 saturated carbocycles. The number of amides is 1. The summed E-state index contributed by atoms with van der Waals surface area (Å²) in [6.45, 7) is 0.300. The van der Waals surface area contributed by atoms with E-state index in [1.807, 2.05) is 37.2 Å². The van der Waals surface area contributed by atoms with Crippen LogP contribution < -0.4 is 10.9 Å². The van der Waals surface area contributed by atoms with E-state index in [1.54, 1.807) is 18.2 Å². The Kier molecular flexibility index (Phi) is 6.98. The number of rotatable bonds is 9. The second kappa shape index (κ2) is 9.81. The number of fused-ring (bicyclic) bond motifs is 1. The fourth-order valence-electron chi connectivity index (χ4n) is 4.71. The summed E-state index contributed by atoms with van der Waals surface area (Å²) in [4.78, 5) is 33.1. The minimum Gasteiger partial charge on any atom is -0.355 e. The maximum Gasteiger partial charge on any atom is 0.395 e. The fourth-order valence-corrected chi connectivity index (χ4v) is 4.71. The van der Waals surface area contributed by atoms with Crippen LogP contribution in [0.5, 0.6) is 0 Å². The van der Waals surface area contributed by atoms with Gasteiger partial charge < -0.3 is 15.2 Å². The first kappa shape index (κ1) is 24.9. The van der Waals surface area contributed by atoms with Crippen LogP contribution in [0.1, 0.15) is 36.3 Å². The molecular formula is C26H29F3N4O2. The molecule has 2 aromatic heterocycles. The van der Waals surface area contributed by atoms with E-state index < -0.39 is 23.4 Å². The highest BCUT2D eigenvalue weighted by Gasteiger charge is 2.67. The fraction of sp³-hybridized carbons (Fsp3) is 0.423. The molecular weight excluding hydrogens is 457 g/mol. The number of nitrogens with zero attached hydrogens (tertiary/aromatic N) is 2. The first-order valence-electron chi connectivity index (χ1n) is 11.6. The highest BCUT2D eigenvalue weighted by molar-refractivity contribution is 5.79. The zero-order chi connectivity index (χ0) is 25.2. The molecule has 6 nitrogen and oxygen atoms in total. The molecule has 1 amide bonds. The van der Waals surface area contributed by atoms with Crippen LogP contribution in [-0.2, 0) is 11.2 Å². The summed E-state index contributed by atoms with van der Waals surface area (Å²) in [7, 11) is 3.80. The molecule has 35 heavy (non-hydrogen) atoms. The number of pyridine rings is 2. The molecule has 2 atom stereocenters. The lowest BCUT2D eigenvalue weighted by atomic mass is 9.80. The van der Waals surface area contributed by atoms with E-state index in [1.165, 1.54) is 18.5 Å². The number of aromatic nitrogens is 2. The van der Waals surface area contributed by atoms with Crippen molar-refractivity contribution in [1.82, 2.24) is 20.2 Å². The lowest BCUT2D eigenvalue weighted by molar-refractivity contribution is -0.194. The van der Waals surface area contributed by atoms with Gasteiger partial charge in [0.2, 0.25) is 11.5 Å². The van der Waals surface area contributed by atoms with Crippen molar-refractivity contribution in [2.45, 2.75) is 43.8 Å². The SMILES string of the molecule is CN(C)[C@H](CNC(=O)C[C@@H](c1cccnc1)C1(C(F)(F)F)CC1)Cc1ccc2[nH]c(=O)ccc2c1. The van der Waals surface area contributed by atoms with Crippen molar-refractivity contribution in [3.05, 3.63) is 76.3 Å². The normalized spacial score (nSPS) is 16.7. The van der Waals surface area contributed by atoms with Crippen molar-refractivity contribution in [3.8, 4) is 0 Å². The number of carbonyl (C=O) groups excluding carboxylic acids is 1. The quantitative estimate of drug-likeness (QED) is 0.479. The number of alkyl halides is 3. The number of hydrogen-bond donors (Lipinski definition) is 2. The maximum absolute atomic E-state index is 13.9. The molecule has 9 heteroatoms. The molecule has 2 N–H and O–H groups in total. The molecule has 186 valence electrons. The summed E-state index contributed by atoms with van der Waals surface area (Å²) >= 11 is 0. The molecule has 1 aliphatic carbocycles. The summed E-state index contributed by atoms with van der Waals surface area (Å²) in [6.07, 6.45) is -0.997. The van der Waals surface area contributed by atoms with Gasteiger partial charge in [0.05, 0.1) is 5.41 Å². The molecule has 3 aromatic rings. The van der Waals surface area contributed by atoms with E-state index in [0.29, 0.717) is 18.5 Å². The Morgan fingerprint density at radius 3 is 2.60 bits per heavy atom. The van der Waals surface area contributed by atoms with Crippen molar-refractivity contribution in [2.24, 2.45) is 5.41 Å². The van der Waals surface area contributed by atoms with Crippen LogP contribution in [0.3, 0.4) is 0 Å². The van der Waals surface area contributed by atoms with Crippen LogP contribution in [0, 0.1) is 5.41 Å². The van der Waals surface area contributed by atoms with Crippen LogP contribution in [0.4, 0.5) is 13.2 Å². The van der Waals surface area contributed by atoms with E-state index in [2.05, 4.69) is 15.3 Å². The van der Waals surface area contributed by atoms with E-state index >= 15 is 0 Å². The Morgan fingerprint density at radius 1 is 1.20 bits per heavy atom. The van der Waals surface area contributed by atoms with Gasteiger partial charge in [-0.15, -0.1) is 0 Å². The Morgan fingerprint density at radius 2 is 1.97 bits per heavy atom. The maximum atomic E-state index is 13.9. The van der Waals surface area contributed by atoms with Crippen molar-refractivity contribution in [2.75, 3.05) is 20.6 Å². The number of carbonyl (C=O) groups is 1. The Labute approximate surface area is 201 Å². The molecule has 0 aliphatic heterocycles. The van der Waals surface area contributed by atoms with Gasteiger partial charge in [-0.25, -0.2) is 0 Å². The highest BCUT2D eigenvalue weighted by atomic mass is 19.4. The van der Waals surface area contributed by atoms with Crippen molar-refractivity contribution >= 4 is 16.8 Å². The van der Waals surface area contributed by atoms with E-state index in [9.17, 15) is 22.8 Å². The summed E-state index contributed by atoms with van der Waals surface area (Å²) in [5, 5.41) is 3.77. The van der Waals surface area contributed by atoms with Crippen LogP contribution >= 0.6 is 0 Å². The smallest absolute Gasteiger partial charge is 0.355 e. The van der Waals surface area contributed by atoms with Gasteiger partial charge in [-0.1, -0.05) is 12.1 Å². The average molecular weight is 487 g/mol. The molecule has 2 heterocycles. The summed E-state index contributed by atoms with van der Waals surface area (Å²) in [5.74, 6) is -1.37. The van der Waals surface area contributed by atoms with Gasteiger partial charge in [-0.2, -0.15) is 13.2 Å². The minimum atomic E-state index is -4.37. The highest BCUT2D eigenvalue weighted by Crippen LogP contribution is 2.66. The van der Waals surface area contributed by atoms with Gasteiger partial charge >= 0.3 is 6.18 Å². The third kappa shape index (κ3) is 5.56. The van der Waals surface area contributed by atoms with E-state index in [0.717, 1.165) is 16.5 Å². The number of aromatic amines is 1. The summed E-state index contributed by atoms with van der Waals surface area (Å²) in [6, 6.07) is 12.2. The molecule has 0 unspecified atom stereocenters. The van der Waals surface area contributed by atoms with Gasteiger partial charge in [0.15, 0.2) is 0 Å². The topological polar surface area (TPSA) is 78.1 Å². The Hall–Kier alpha value is -3.20. The average Bonchev–Trinajstić information content (AvgIpc) is 3.63. The molecule has 4 rings (SSSR count). The minimum absolute atomic E-state index is 0.0247. The molecule has 0 saturated heterocycles. The zero-order valence-electron chi connectivity index (χ0n) is 19.7. The molecule has 0 spiro atoms. The summed E-state index contributed by atoms with van der Waals surface area (Å²) < 4.78 is 41.7. The number of likely N-dealkylation sites (N-methyl/N-ethyl adjacent to an activating group) is 1. The first-order chi connectivity index (χ1) is 16.6. The van der Waals surface area contributed by atoms with Crippen LogP contribution in [0.2, 0.25) is 0 Å². The second-order valence-corrected chi connectivity index (χ2v) is 9.57. The Balaban J connectivity index is 1.44. The molecule has 1 fully saturated rings. The lowest BCUT2D eigenvalue weighted by Gasteiger charge is -2.30. The molecule has 1 aromatic carbocycles. The third-order valence-electron chi connectivity index (χ3n) is 7.02. The number of H-pyrrole nitrogens is 1. The molecule has 0 bridgehead atoms. The predicted molar refractivity (Wildman–Crippen MR) is 128 cm³/mol. The number of benzene rings is 1. The first-order valence-corrected chi connectivity index (χ1v) is 11.6. The van der Waals surface area contributed by atoms with E-state index in [4.69, 9.17) is 0 Å².